The molecular formula is C21H29N3OS. The number of carbonyl (C=O) groups excluding carboxylic acids is 1. The standard InChI is InChI=1S/C21H29N3OS/c1-13-6-14(2)10-24(9-13)11-20(25)23-21-22-19(12-26-21)18-8-16(4)15(3)7-17(18)5/h7-8,12-14H,6,9-11H2,1-5H3,(H,22,23,25). The number of likely N-dealkylation sites (tertiary alicyclic amines) is 1. The number of aryl methyl sites for hydroxylation is 3. The highest BCUT2D eigenvalue weighted by atomic mass is 32.1. The smallest absolute Gasteiger partial charge is 0.240 e. The molecule has 4 nitrogen and oxygen atoms in total. The zero-order valence-corrected chi connectivity index (χ0v) is 17.2. The van der Waals surface area contributed by atoms with Gasteiger partial charge in [-0.15, -0.1) is 11.3 Å². The average molecular weight is 372 g/mol. The van der Waals surface area contributed by atoms with E-state index in [1.54, 1.807) is 0 Å². The number of piperidine rings is 1. The van der Waals surface area contributed by atoms with Gasteiger partial charge in [-0.2, -0.15) is 0 Å². The summed E-state index contributed by atoms with van der Waals surface area (Å²) in [4.78, 5) is 19.3. The van der Waals surface area contributed by atoms with Gasteiger partial charge in [-0.3, -0.25) is 9.69 Å². The van der Waals surface area contributed by atoms with Crippen molar-refractivity contribution in [1.29, 1.82) is 0 Å². The van der Waals surface area contributed by atoms with Crippen molar-refractivity contribution in [2.24, 2.45) is 11.8 Å². The minimum absolute atomic E-state index is 0.0315. The Kier molecular flexibility index (Phi) is 5.78. The first-order chi connectivity index (χ1) is 12.3. The van der Waals surface area contributed by atoms with Gasteiger partial charge in [0.05, 0.1) is 12.2 Å². The number of hydrogen-bond acceptors (Lipinski definition) is 4. The lowest BCUT2D eigenvalue weighted by Crippen LogP contribution is -2.42. The van der Waals surface area contributed by atoms with Crippen LogP contribution in [0.3, 0.4) is 0 Å². The molecule has 1 N–H and O–H groups in total. The molecule has 1 aliphatic rings. The molecule has 1 aromatic carbocycles. The van der Waals surface area contributed by atoms with E-state index in [4.69, 9.17) is 0 Å². The second kappa shape index (κ2) is 7.89. The van der Waals surface area contributed by atoms with E-state index in [0.29, 0.717) is 23.5 Å². The van der Waals surface area contributed by atoms with Gasteiger partial charge in [0.1, 0.15) is 0 Å². The highest BCUT2D eigenvalue weighted by molar-refractivity contribution is 7.14. The molecule has 0 aliphatic carbocycles. The summed E-state index contributed by atoms with van der Waals surface area (Å²) in [5, 5.41) is 5.69. The van der Waals surface area contributed by atoms with Crippen LogP contribution in [0.25, 0.3) is 11.3 Å². The predicted octanol–water partition coefficient (Wildman–Crippen LogP) is 4.65. The number of benzene rings is 1. The van der Waals surface area contributed by atoms with E-state index < -0.39 is 0 Å². The fourth-order valence-electron chi connectivity index (χ4n) is 3.97. The number of amides is 1. The Balaban J connectivity index is 1.65. The molecule has 1 aromatic heterocycles. The number of nitrogens with one attached hydrogen (secondary N) is 1. The molecule has 1 amide bonds. The normalized spacial score (nSPS) is 21.0. The fourth-order valence-corrected chi connectivity index (χ4v) is 4.70. The molecule has 0 saturated carbocycles. The molecular weight excluding hydrogens is 342 g/mol. The van der Waals surface area contributed by atoms with Crippen LogP contribution in [0.15, 0.2) is 17.5 Å². The maximum atomic E-state index is 12.4. The summed E-state index contributed by atoms with van der Waals surface area (Å²) in [5.74, 6) is 1.35. The topological polar surface area (TPSA) is 45.2 Å². The Morgan fingerprint density at radius 2 is 1.81 bits per heavy atom. The van der Waals surface area contributed by atoms with Crippen LogP contribution in [0, 0.1) is 32.6 Å². The monoisotopic (exact) mass is 371 g/mol. The van der Waals surface area contributed by atoms with Crippen LogP contribution in [-0.2, 0) is 4.79 Å². The first-order valence-corrected chi connectivity index (χ1v) is 10.3. The van der Waals surface area contributed by atoms with Crippen molar-refractivity contribution >= 4 is 22.4 Å². The molecule has 3 rings (SSSR count). The molecule has 2 atom stereocenters. The number of carbonyl (C=O) groups is 1. The number of hydrogen-bond donors (Lipinski definition) is 1. The lowest BCUT2D eigenvalue weighted by atomic mass is 9.92. The van der Waals surface area contributed by atoms with E-state index in [9.17, 15) is 4.79 Å². The van der Waals surface area contributed by atoms with E-state index in [-0.39, 0.29) is 5.91 Å². The second-order valence-corrected chi connectivity index (χ2v) is 8.84. The molecule has 1 saturated heterocycles. The maximum absolute atomic E-state index is 12.4. The van der Waals surface area contributed by atoms with Crippen molar-refractivity contribution in [3.05, 3.63) is 34.2 Å². The molecule has 2 heterocycles. The average Bonchev–Trinajstić information content (AvgIpc) is 2.97. The maximum Gasteiger partial charge on any atom is 0.240 e. The molecule has 1 aliphatic heterocycles. The Morgan fingerprint density at radius 3 is 2.50 bits per heavy atom. The van der Waals surface area contributed by atoms with E-state index in [1.165, 1.54) is 34.4 Å². The van der Waals surface area contributed by atoms with Crippen LogP contribution < -0.4 is 5.32 Å². The van der Waals surface area contributed by atoms with Gasteiger partial charge in [0.2, 0.25) is 5.91 Å². The molecule has 0 radical (unpaired) electrons. The van der Waals surface area contributed by atoms with Crippen LogP contribution in [0.5, 0.6) is 0 Å². The van der Waals surface area contributed by atoms with Crippen LogP contribution in [0.1, 0.15) is 37.0 Å². The second-order valence-electron chi connectivity index (χ2n) is 7.98. The first kappa shape index (κ1) is 19.1. The summed E-state index contributed by atoms with van der Waals surface area (Å²) in [7, 11) is 0. The van der Waals surface area contributed by atoms with E-state index in [1.807, 2.05) is 5.38 Å². The molecule has 2 aromatic rings. The summed E-state index contributed by atoms with van der Waals surface area (Å²) in [6.45, 7) is 13.3. The fraction of sp³-hybridized carbons (Fsp3) is 0.524. The zero-order chi connectivity index (χ0) is 18.8. The predicted molar refractivity (Wildman–Crippen MR) is 110 cm³/mol. The third-order valence-corrected chi connectivity index (χ3v) is 5.94. The van der Waals surface area contributed by atoms with Crippen molar-refractivity contribution in [3.63, 3.8) is 0 Å². The summed E-state index contributed by atoms with van der Waals surface area (Å²) in [5.41, 5.74) is 5.85. The van der Waals surface area contributed by atoms with Gasteiger partial charge in [-0.1, -0.05) is 19.9 Å². The molecule has 1 fully saturated rings. The summed E-state index contributed by atoms with van der Waals surface area (Å²) in [6, 6.07) is 4.38. The number of aromatic nitrogens is 1. The summed E-state index contributed by atoms with van der Waals surface area (Å²) in [6.07, 6.45) is 1.25. The van der Waals surface area contributed by atoms with Crippen LogP contribution in [0.2, 0.25) is 0 Å². The van der Waals surface area contributed by atoms with Crippen LogP contribution in [-0.4, -0.2) is 35.4 Å². The lowest BCUT2D eigenvalue weighted by Gasteiger charge is -2.34. The van der Waals surface area contributed by atoms with Gasteiger partial charge in [-0.05, 0) is 61.8 Å². The SMILES string of the molecule is Cc1cc(C)c(-c2csc(NC(=O)CN3CC(C)CC(C)C3)n2)cc1C. The van der Waals surface area contributed by atoms with E-state index in [2.05, 4.69) is 62.0 Å². The largest absolute Gasteiger partial charge is 0.301 e. The first-order valence-electron chi connectivity index (χ1n) is 9.37. The van der Waals surface area contributed by atoms with E-state index in [0.717, 1.165) is 24.3 Å². The Bertz CT molecular complexity index is 789. The van der Waals surface area contributed by atoms with Crippen molar-refractivity contribution in [2.75, 3.05) is 25.0 Å². The highest BCUT2D eigenvalue weighted by Gasteiger charge is 2.23. The molecule has 2 unspecified atom stereocenters. The van der Waals surface area contributed by atoms with Gasteiger partial charge in [0, 0.05) is 24.0 Å². The molecule has 140 valence electrons. The van der Waals surface area contributed by atoms with Gasteiger partial charge in [-0.25, -0.2) is 4.98 Å². The van der Waals surface area contributed by atoms with Crippen molar-refractivity contribution < 1.29 is 4.79 Å². The Labute approximate surface area is 160 Å². The third-order valence-electron chi connectivity index (χ3n) is 5.18. The summed E-state index contributed by atoms with van der Waals surface area (Å²) >= 11 is 1.49. The Hall–Kier alpha value is -1.72. The number of rotatable bonds is 4. The number of thiazole rings is 1. The van der Waals surface area contributed by atoms with Crippen molar-refractivity contribution in [3.8, 4) is 11.3 Å². The van der Waals surface area contributed by atoms with Gasteiger partial charge in [0.15, 0.2) is 5.13 Å². The quantitative estimate of drug-likeness (QED) is 0.851. The van der Waals surface area contributed by atoms with Gasteiger partial charge < -0.3 is 5.32 Å². The third kappa shape index (κ3) is 4.51. The molecule has 0 bridgehead atoms. The minimum atomic E-state index is 0.0315. The lowest BCUT2D eigenvalue weighted by molar-refractivity contribution is -0.117. The minimum Gasteiger partial charge on any atom is -0.301 e. The zero-order valence-electron chi connectivity index (χ0n) is 16.4. The van der Waals surface area contributed by atoms with Gasteiger partial charge >= 0.3 is 0 Å². The highest BCUT2D eigenvalue weighted by Crippen LogP contribution is 2.29. The number of nitrogens with zero attached hydrogens (tertiary/aromatic N) is 2. The van der Waals surface area contributed by atoms with Crippen LogP contribution >= 0.6 is 11.3 Å². The van der Waals surface area contributed by atoms with Crippen LogP contribution in [0.4, 0.5) is 5.13 Å². The molecule has 26 heavy (non-hydrogen) atoms. The van der Waals surface area contributed by atoms with Gasteiger partial charge in [0.25, 0.3) is 0 Å². The Morgan fingerprint density at radius 1 is 1.15 bits per heavy atom. The molecule has 0 spiro atoms. The number of anilines is 1. The summed E-state index contributed by atoms with van der Waals surface area (Å²) < 4.78 is 0. The molecule has 5 heteroatoms. The van der Waals surface area contributed by atoms with E-state index >= 15 is 0 Å². The van der Waals surface area contributed by atoms with Crippen molar-refractivity contribution in [2.45, 2.75) is 41.0 Å². The van der Waals surface area contributed by atoms with Crippen molar-refractivity contribution in [1.82, 2.24) is 9.88 Å².